The molecular formula is C20H17ClN2O3S. The molecule has 1 heterocycles. The molecule has 1 atom stereocenters. The van der Waals surface area contributed by atoms with E-state index in [-0.39, 0.29) is 0 Å². The van der Waals surface area contributed by atoms with E-state index in [9.17, 15) is 9.59 Å². The lowest BCUT2D eigenvalue weighted by atomic mass is 10.2. The SMILES string of the molecule is Cc1nc(-c2ccccc2)sc1C(=O)O[C@@H](C)C(=O)Nc1ccc(Cl)cc1. The Morgan fingerprint density at radius 1 is 1.11 bits per heavy atom. The zero-order valence-corrected chi connectivity index (χ0v) is 16.3. The number of halogens is 1. The predicted octanol–water partition coefficient (Wildman–Crippen LogP) is 4.96. The van der Waals surface area contributed by atoms with Crippen LogP contribution in [-0.2, 0) is 9.53 Å². The van der Waals surface area contributed by atoms with Crippen LogP contribution in [0.15, 0.2) is 54.6 Å². The molecule has 0 aliphatic rings. The molecule has 0 fully saturated rings. The van der Waals surface area contributed by atoms with Gasteiger partial charge in [0.05, 0.1) is 5.69 Å². The Hall–Kier alpha value is -2.70. The molecule has 0 unspecified atom stereocenters. The summed E-state index contributed by atoms with van der Waals surface area (Å²) in [5.41, 5.74) is 2.08. The largest absolute Gasteiger partial charge is 0.448 e. The van der Waals surface area contributed by atoms with Crippen molar-refractivity contribution >= 4 is 40.5 Å². The van der Waals surface area contributed by atoms with Gasteiger partial charge in [-0.15, -0.1) is 11.3 Å². The number of anilines is 1. The molecule has 1 amide bonds. The molecule has 0 bridgehead atoms. The highest BCUT2D eigenvalue weighted by molar-refractivity contribution is 7.17. The summed E-state index contributed by atoms with van der Waals surface area (Å²) in [6.45, 7) is 3.27. The minimum absolute atomic E-state index is 0.389. The minimum atomic E-state index is -0.949. The average Bonchev–Trinajstić information content (AvgIpc) is 3.06. The van der Waals surface area contributed by atoms with E-state index in [1.807, 2.05) is 30.3 Å². The summed E-state index contributed by atoms with van der Waals surface area (Å²) >= 11 is 7.07. The number of thiazole rings is 1. The van der Waals surface area contributed by atoms with Gasteiger partial charge in [-0.05, 0) is 38.1 Å². The first-order chi connectivity index (χ1) is 12.9. The van der Waals surface area contributed by atoms with Gasteiger partial charge in [0.15, 0.2) is 6.10 Å². The van der Waals surface area contributed by atoms with Crippen LogP contribution in [0, 0.1) is 6.92 Å². The van der Waals surface area contributed by atoms with Gasteiger partial charge < -0.3 is 10.1 Å². The normalized spacial score (nSPS) is 11.7. The fourth-order valence-electron chi connectivity index (χ4n) is 2.33. The summed E-state index contributed by atoms with van der Waals surface area (Å²) < 4.78 is 5.32. The van der Waals surface area contributed by atoms with Crippen molar-refractivity contribution in [2.45, 2.75) is 20.0 Å². The Morgan fingerprint density at radius 3 is 2.44 bits per heavy atom. The molecule has 1 aromatic heterocycles. The van der Waals surface area contributed by atoms with Crippen molar-refractivity contribution in [1.29, 1.82) is 0 Å². The van der Waals surface area contributed by atoms with Crippen LogP contribution in [0.2, 0.25) is 5.02 Å². The van der Waals surface area contributed by atoms with E-state index in [0.717, 1.165) is 10.6 Å². The fraction of sp³-hybridized carbons (Fsp3) is 0.150. The lowest BCUT2D eigenvalue weighted by molar-refractivity contribution is -0.123. The summed E-state index contributed by atoms with van der Waals surface area (Å²) in [7, 11) is 0. The number of aryl methyl sites for hydroxylation is 1. The number of rotatable bonds is 5. The third-order valence-corrected chi connectivity index (χ3v) is 5.21. The summed E-state index contributed by atoms with van der Waals surface area (Å²) in [5.74, 6) is -0.984. The second-order valence-corrected chi connectivity index (χ2v) is 7.28. The van der Waals surface area contributed by atoms with E-state index in [2.05, 4.69) is 10.3 Å². The van der Waals surface area contributed by atoms with Gasteiger partial charge in [-0.2, -0.15) is 0 Å². The van der Waals surface area contributed by atoms with Crippen LogP contribution in [0.25, 0.3) is 10.6 Å². The first-order valence-electron chi connectivity index (χ1n) is 8.24. The van der Waals surface area contributed by atoms with Crippen LogP contribution in [0.3, 0.4) is 0 Å². The summed E-state index contributed by atoms with van der Waals surface area (Å²) in [5, 5.41) is 3.99. The van der Waals surface area contributed by atoms with Gasteiger partial charge in [0.2, 0.25) is 0 Å². The molecule has 7 heteroatoms. The monoisotopic (exact) mass is 400 g/mol. The number of benzene rings is 2. The van der Waals surface area contributed by atoms with Crippen LogP contribution < -0.4 is 5.32 Å². The van der Waals surface area contributed by atoms with E-state index < -0.39 is 18.0 Å². The van der Waals surface area contributed by atoms with Crippen LogP contribution in [0.1, 0.15) is 22.3 Å². The quantitative estimate of drug-likeness (QED) is 0.615. The Bertz CT molecular complexity index is 955. The van der Waals surface area contributed by atoms with Gasteiger partial charge >= 0.3 is 5.97 Å². The van der Waals surface area contributed by atoms with Crippen LogP contribution in [0.4, 0.5) is 5.69 Å². The highest BCUT2D eigenvalue weighted by Gasteiger charge is 2.23. The number of carbonyl (C=O) groups excluding carboxylic acids is 2. The van der Waals surface area contributed by atoms with E-state index >= 15 is 0 Å². The van der Waals surface area contributed by atoms with Crippen LogP contribution in [0.5, 0.6) is 0 Å². The van der Waals surface area contributed by atoms with Crippen molar-refractivity contribution in [1.82, 2.24) is 4.98 Å². The van der Waals surface area contributed by atoms with Crippen molar-refractivity contribution in [3.05, 3.63) is 70.2 Å². The van der Waals surface area contributed by atoms with Gasteiger partial charge in [0.25, 0.3) is 5.91 Å². The maximum atomic E-state index is 12.5. The van der Waals surface area contributed by atoms with Gasteiger partial charge in [0.1, 0.15) is 9.88 Å². The lowest BCUT2D eigenvalue weighted by Gasteiger charge is -2.13. The Balaban J connectivity index is 1.67. The lowest BCUT2D eigenvalue weighted by Crippen LogP contribution is -2.29. The summed E-state index contributed by atoms with van der Waals surface area (Å²) in [6.07, 6.45) is -0.949. The second-order valence-electron chi connectivity index (χ2n) is 5.84. The predicted molar refractivity (Wildman–Crippen MR) is 107 cm³/mol. The Labute approximate surface area is 166 Å². The van der Waals surface area contributed by atoms with Crippen molar-refractivity contribution in [2.75, 3.05) is 5.32 Å². The average molecular weight is 401 g/mol. The molecule has 0 spiro atoms. The minimum Gasteiger partial charge on any atom is -0.448 e. The van der Waals surface area contributed by atoms with Crippen LogP contribution in [-0.4, -0.2) is 23.0 Å². The number of hydrogen-bond acceptors (Lipinski definition) is 5. The second kappa shape index (κ2) is 8.33. The Morgan fingerprint density at radius 2 is 1.78 bits per heavy atom. The van der Waals surface area contributed by atoms with Gasteiger partial charge in [0, 0.05) is 16.3 Å². The van der Waals surface area contributed by atoms with Gasteiger partial charge in [-0.3, -0.25) is 4.79 Å². The van der Waals surface area contributed by atoms with Crippen molar-refractivity contribution in [3.63, 3.8) is 0 Å². The number of aromatic nitrogens is 1. The number of ether oxygens (including phenoxy) is 1. The van der Waals surface area contributed by atoms with Gasteiger partial charge in [-0.1, -0.05) is 41.9 Å². The van der Waals surface area contributed by atoms with Crippen molar-refractivity contribution < 1.29 is 14.3 Å². The zero-order valence-electron chi connectivity index (χ0n) is 14.7. The number of carbonyl (C=O) groups is 2. The highest BCUT2D eigenvalue weighted by Crippen LogP contribution is 2.28. The number of nitrogens with zero attached hydrogens (tertiary/aromatic N) is 1. The maximum absolute atomic E-state index is 12.5. The number of hydrogen-bond donors (Lipinski definition) is 1. The molecule has 0 aliphatic heterocycles. The molecule has 0 saturated heterocycles. The first kappa shape index (κ1) is 19.1. The molecule has 5 nitrogen and oxygen atoms in total. The fourth-order valence-corrected chi connectivity index (χ4v) is 3.42. The third kappa shape index (κ3) is 4.72. The van der Waals surface area contributed by atoms with E-state index in [4.69, 9.17) is 16.3 Å². The van der Waals surface area contributed by atoms with E-state index in [1.165, 1.54) is 18.3 Å². The molecule has 1 N–H and O–H groups in total. The smallest absolute Gasteiger partial charge is 0.351 e. The van der Waals surface area contributed by atoms with Gasteiger partial charge in [-0.25, -0.2) is 9.78 Å². The Kier molecular flexibility index (Phi) is 5.88. The van der Waals surface area contributed by atoms with E-state index in [0.29, 0.717) is 21.3 Å². The van der Waals surface area contributed by atoms with Crippen molar-refractivity contribution in [3.8, 4) is 10.6 Å². The number of esters is 1. The third-order valence-electron chi connectivity index (χ3n) is 3.77. The molecule has 27 heavy (non-hydrogen) atoms. The molecule has 3 rings (SSSR count). The topological polar surface area (TPSA) is 68.3 Å². The standard InChI is InChI=1S/C20H17ClN2O3S/c1-12-17(27-19(22-12)14-6-4-3-5-7-14)20(25)26-13(2)18(24)23-16-10-8-15(21)9-11-16/h3-11,13H,1-2H3,(H,23,24)/t13-/m0/s1. The zero-order chi connectivity index (χ0) is 19.4. The van der Waals surface area contributed by atoms with Crippen LogP contribution >= 0.6 is 22.9 Å². The molecule has 2 aromatic carbocycles. The highest BCUT2D eigenvalue weighted by atomic mass is 35.5. The molecule has 0 aliphatic carbocycles. The molecule has 0 saturated carbocycles. The first-order valence-corrected chi connectivity index (χ1v) is 9.44. The van der Waals surface area contributed by atoms with Crippen molar-refractivity contribution in [2.24, 2.45) is 0 Å². The number of amides is 1. The molecule has 3 aromatic rings. The maximum Gasteiger partial charge on any atom is 0.351 e. The summed E-state index contributed by atoms with van der Waals surface area (Å²) in [4.78, 5) is 29.5. The summed E-state index contributed by atoms with van der Waals surface area (Å²) in [6, 6.07) is 16.3. The van der Waals surface area contributed by atoms with E-state index in [1.54, 1.807) is 31.2 Å². The number of nitrogens with one attached hydrogen (secondary N) is 1. The molecule has 0 radical (unpaired) electrons. The molecular weight excluding hydrogens is 384 g/mol. The molecule has 138 valence electrons.